The van der Waals surface area contributed by atoms with Gasteiger partial charge in [-0.2, -0.15) is 0 Å². The molecule has 2 fully saturated rings. The Bertz CT molecular complexity index is 461. The monoisotopic (exact) mass is 367 g/mol. The lowest BCUT2D eigenvalue weighted by molar-refractivity contribution is -0.142. The summed E-state index contributed by atoms with van der Waals surface area (Å²) in [6, 6.07) is -0.0491. The second-order valence-electron chi connectivity index (χ2n) is 8.70. The lowest BCUT2D eigenvalue weighted by atomic mass is 9.93. The van der Waals surface area contributed by atoms with Gasteiger partial charge in [0.15, 0.2) is 0 Å². The Morgan fingerprint density at radius 2 is 1.73 bits per heavy atom. The summed E-state index contributed by atoms with van der Waals surface area (Å²) in [6.07, 6.45) is 5.56. The van der Waals surface area contributed by atoms with Gasteiger partial charge in [-0.15, -0.1) is 0 Å². The van der Waals surface area contributed by atoms with Crippen LogP contribution in [0.4, 0.5) is 0 Å². The van der Waals surface area contributed by atoms with Crippen LogP contribution in [0.3, 0.4) is 0 Å². The van der Waals surface area contributed by atoms with E-state index in [-0.39, 0.29) is 23.3 Å². The van der Waals surface area contributed by atoms with Crippen LogP contribution in [0.1, 0.15) is 52.9 Å². The van der Waals surface area contributed by atoms with Gasteiger partial charge in [0, 0.05) is 51.9 Å². The molecule has 2 amide bonds. The van der Waals surface area contributed by atoms with Crippen LogP contribution >= 0.6 is 0 Å². The van der Waals surface area contributed by atoms with E-state index in [1.54, 1.807) is 7.11 Å². The van der Waals surface area contributed by atoms with E-state index >= 15 is 0 Å². The van der Waals surface area contributed by atoms with Gasteiger partial charge in [0.2, 0.25) is 11.8 Å². The van der Waals surface area contributed by atoms with Crippen molar-refractivity contribution in [3.8, 4) is 0 Å². The largest absolute Gasteiger partial charge is 0.385 e. The molecule has 2 rings (SSSR count). The maximum Gasteiger partial charge on any atom is 0.237 e. The van der Waals surface area contributed by atoms with Gasteiger partial charge >= 0.3 is 0 Å². The SMILES string of the molecule is COCCCNC(=O)C(C1CCCC1)N1CCN(C(=O)C(C)(C)C)CC1. The Hall–Kier alpha value is -1.14. The third-order valence-corrected chi connectivity index (χ3v) is 5.58. The summed E-state index contributed by atoms with van der Waals surface area (Å²) in [4.78, 5) is 29.7. The van der Waals surface area contributed by atoms with Crippen molar-refractivity contribution >= 4 is 11.8 Å². The highest BCUT2D eigenvalue weighted by Crippen LogP contribution is 2.31. The van der Waals surface area contributed by atoms with E-state index in [9.17, 15) is 9.59 Å². The smallest absolute Gasteiger partial charge is 0.237 e. The van der Waals surface area contributed by atoms with E-state index in [1.165, 1.54) is 12.8 Å². The molecule has 1 aliphatic carbocycles. The summed E-state index contributed by atoms with van der Waals surface area (Å²) in [5.41, 5.74) is -0.342. The standard InChI is InChI=1S/C20H37N3O3/c1-20(2,3)19(25)23-13-11-22(12-14-23)17(16-8-5-6-9-16)18(24)21-10-7-15-26-4/h16-17H,5-15H2,1-4H3,(H,21,24). The molecule has 150 valence electrons. The zero-order chi connectivity index (χ0) is 19.2. The van der Waals surface area contributed by atoms with Crippen molar-refractivity contribution < 1.29 is 14.3 Å². The van der Waals surface area contributed by atoms with Crippen LogP contribution in [0.5, 0.6) is 0 Å². The Kier molecular flexibility index (Phi) is 7.89. The van der Waals surface area contributed by atoms with Crippen LogP contribution < -0.4 is 5.32 Å². The Morgan fingerprint density at radius 1 is 1.12 bits per heavy atom. The number of amides is 2. The molecule has 1 saturated heterocycles. The zero-order valence-corrected chi connectivity index (χ0v) is 17.1. The molecule has 1 heterocycles. The van der Waals surface area contributed by atoms with Crippen molar-refractivity contribution in [3.05, 3.63) is 0 Å². The van der Waals surface area contributed by atoms with Gasteiger partial charge in [-0.05, 0) is 25.2 Å². The summed E-state index contributed by atoms with van der Waals surface area (Å²) in [5.74, 6) is 0.810. The first-order chi connectivity index (χ1) is 12.3. The topological polar surface area (TPSA) is 61.9 Å². The van der Waals surface area contributed by atoms with E-state index in [0.717, 1.165) is 45.4 Å². The van der Waals surface area contributed by atoms with E-state index in [2.05, 4.69) is 10.2 Å². The van der Waals surface area contributed by atoms with Gasteiger partial charge in [-0.1, -0.05) is 33.6 Å². The zero-order valence-electron chi connectivity index (χ0n) is 17.1. The molecule has 0 aromatic rings. The van der Waals surface area contributed by atoms with Gasteiger partial charge in [-0.3, -0.25) is 14.5 Å². The summed E-state index contributed by atoms with van der Waals surface area (Å²) >= 11 is 0. The second-order valence-corrected chi connectivity index (χ2v) is 8.70. The van der Waals surface area contributed by atoms with Gasteiger partial charge < -0.3 is 15.0 Å². The molecule has 0 aromatic carbocycles. The molecular weight excluding hydrogens is 330 g/mol. The number of carbonyl (C=O) groups is 2. The Morgan fingerprint density at radius 3 is 2.27 bits per heavy atom. The first-order valence-corrected chi connectivity index (χ1v) is 10.1. The van der Waals surface area contributed by atoms with Crippen molar-refractivity contribution in [2.24, 2.45) is 11.3 Å². The van der Waals surface area contributed by atoms with Gasteiger partial charge in [0.25, 0.3) is 0 Å². The molecule has 1 unspecified atom stereocenters. The normalized spacial score (nSPS) is 21.0. The molecule has 1 N–H and O–H groups in total. The van der Waals surface area contributed by atoms with Crippen LogP contribution in [0, 0.1) is 11.3 Å². The first kappa shape index (κ1) is 21.2. The third kappa shape index (κ3) is 5.68. The maximum atomic E-state index is 12.9. The Labute approximate surface area is 158 Å². The molecule has 6 heteroatoms. The number of rotatable bonds is 7. The predicted octanol–water partition coefficient (Wildman–Crippen LogP) is 1.89. The number of nitrogens with one attached hydrogen (secondary N) is 1. The van der Waals surface area contributed by atoms with E-state index in [0.29, 0.717) is 19.1 Å². The molecule has 0 radical (unpaired) electrons. The fourth-order valence-electron chi connectivity index (χ4n) is 4.16. The number of carbonyl (C=O) groups excluding carboxylic acids is 2. The van der Waals surface area contributed by atoms with Crippen LogP contribution in [0.25, 0.3) is 0 Å². The number of hydrogen-bond donors (Lipinski definition) is 1. The molecule has 2 aliphatic rings. The fraction of sp³-hybridized carbons (Fsp3) is 0.900. The average molecular weight is 368 g/mol. The fourth-order valence-corrected chi connectivity index (χ4v) is 4.16. The highest BCUT2D eigenvalue weighted by atomic mass is 16.5. The molecule has 1 saturated carbocycles. The minimum atomic E-state index is -0.342. The molecule has 1 aliphatic heterocycles. The first-order valence-electron chi connectivity index (χ1n) is 10.1. The van der Waals surface area contributed by atoms with Gasteiger partial charge in [0.1, 0.15) is 0 Å². The Balaban J connectivity index is 1.94. The van der Waals surface area contributed by atoms with Crippen molar-refractivity contribution in [1.29, 1.82) is 0 Å². The number of piperazine rings is 1. The molecule has 26 heavy (non-hydrogen) atoms. The summed E-state index contributed by atoms with van der Waals surface area (Å²) < 4.78 is 5.06. The minimum absolute atomic E-state index is 0.0491. The van der Waals surface area contributed by atoms with Crippen molar-refractivity contribution in [1.82, 2.24) is 15.1 Å². The van der Waals surface area contributed by atoms with Gasteiger partial charge in [0.05, 0.1) is 6.04 Å². The molecule has 6 nitrogen and oxygen atoms in total. The van der Waals surface area contributed by atoms with Crippen LogP contribution in [-0.4, -0.2) is 74.1 Å². The predicted molar refractivity (Wildman–Crippen MR) is 103 cm³/mol. The molecule has 0 bridgehead atoms. The lowest BCUT2D eigenvalue weighted by Gasteiger charge is -2.42. The summed E-state index contributed by atoms with van der Waals surface area (Å²) in [5, 5.41) is 3.11. The maximum absolute atomic E-state index is 12.9. The molecule has 1 atom stereocenters. The van der Waals surface area contributed by atoms with Crippen LogP contribution in [0.2, 0.25) is 0 Å². The summed E-state index contributed by atoms with van der Waals surface area (Å²) in [7, 11) is 1.68. The van der Waals surface area contributed by atoms with Crippen LogP contribution in [-0.2, 0) is 14.3 Å². The number of nitrogens with zero attached hydrogens (tertiary/aromatic N) is 2. The number of hydrogen-bond acceptors (Lipinski definition) is 4. The lowest BCUT2D eigenvalue weighted by Crippen LogP contribution is -2.59. The van der Waals surface area contributed by atoms with E-state index < -0.39 is 0 Å². The van der Waals surface area contributed by atoms with Gasteiger partial charge in [-0.25, -0.2) is 0 Å². The molecule has 0 spiro atoms. The van der Waals surface area contributed by atoms with Crippen molar-refractivity contribution in [3.63, 3.8) is 0 Å². The number of methoxy groups -OCH3 is 1. The second kappa shape index (κ2) is 9.70. The summed E-state index contributed by atoms with van der Waals surface area (Å²) in [6.45, 7) is 10.2. The highest BCUT2D eigenvalue weighted by molar-refractivity contribution is 5.83. The van der Waals surface area contributed by atoms with Crippen molar-refractivity contribution in [2.45, 2.75) is 58.9 Å². The van der Waals surface area contributed by atoms with E-state index in [1.807, 2.05) is 25.7 Å². The molecular formula is C20H37N3O3. The quantitative estimate of drug-likeness (QED) is 0.698. The van der Waals surface area contributed by atoms with Crippen LogP contribution in [0.15, 0.2) is 0 Å². The highest BCUT2D eigenvalue weighted by Gasteiger charge is 2.38. The van der Waals surface area contributed by atoms with Crippen molar-refractivity contribution in [2.75, 3.05) is 46.4 Å². The average Bonchev–Trinajstić information content (AvgIpc) is 3.12. The minimum Gasteiger partial charge on any atom is -0.385 e. The number of ether oxygens (including phenoxy) is 1. The molecule has 0 aromatic heterocycles. The van der Waals surface area contributed by atoms with E-state index in [4.69, 9.17) is 4.74 Å². The third-order valence-electron chi connectivity index (χ3n) is 5.58.